The van der Waals surface area contributed by atoms with Crippen LogP contribution in [0.25, 0.3) is 11.1 Å². The van der Waals surface area contributed by atoms with Gasteiger partial charge in [0.15, 0.2) is 0 Å². The van der Waals surface area contributed by atoms with Crippen molar-refractivity contribution in [1.29, 1.82) is 0 Å². The fourth-order valence-electron chi connectivity index (χ4n) is 2.27. The van der Waals surface area contributed by atoms with E-state index in [0.717, 1.165) is 16.8 Å². The SMILES string of the molecule is Cl.Cl.O=C(Nc1ccccc1)c1ccccc1-c1ccccc1. The maximum Gasteiger partial charge on any atom is 0.256 e. The van der Waals surface area contributed by atoms with Crippen molar-refractivity contribution < 1.29 is 4.79 Å². The maximum absolute atomic E-state index is 12.5. The van der Waals surface area contributed by atoms with Crippen LogP contribution in [0.4, 0.5) is 5.69 Å². The standard InChI is InChI=1S/C19H15NO.2ClH/c21-19(20-16-11-5-2-6-12-16)18-14-8-7-13-17(18)15-9-3-1-4-10-15;;/h1-14H,(H,20,21);2*1H. The second-order valence-corrected chi connectivity index (χ2v) is 4.73. The highest BCUT2D eigenvalue weighted by Gasteiger charge is 2.12. The van der Waals surface area contributed by atoms with Crippen LogP contribution in [0.2, 0.25) is 0 Å². The molecule has 0 bridgehead atoms. The maximum atomic E-state index is 12.5. The molecule has 0 aliphatic carbocycles. The van der Waals surface area contributed by atoms with Gasteiger partial charge in [-0.15, -0.1) is 24.8 Å². The number of anilines is 1. The molecule has 1 N–H and O–H groups in total. The monoisotopic (exact) mass is 345 g/mol. The van der Waals surface area contributed by atoms with E-state index in [1.165, 1.54) is 0 Å². The summed E-state index contributed by atoms with van der Waals surface area (Å²) in [7, 11) is 0. The number of halogens is 2. The van der Waals surface area contributed by atoms with Gasteiger partial charge >= 0.3 is 0 Å². The quantitative estimate of drug-likeness (QED) is 0.671. The third kappa shape index (κ3) is 4.59. The molecule has 23 heavy (non-hydrogen) atoms. The zero-order chi connectivity index (χ0) is 14.5. The van der Waals surface area contributed by atoms with Crippen molar-refractivity contribution in [1.82, 2.24) is 0 Å². The summed E-state index contributed by atoms with van der Waals surface area (Å²) < 4.78 is 0. The predicted molar refractivity (Wildman–Crippen MR) is 101 cm³/mol. The Kier molecular flexibility index (Phi) is 7.33. The van der Waals surface area contributed by atoms with Crippen molar-refractivity contribution in [2.75, 3.05) is 5.32 Å². The number of hydrogen-bond donors (Lipinski definition) is 1. The van der Waals surface area contributed by atoms with Crippen LogP contribution in [0.5, 0.6) is 0 Å². The number of nitrogens with one attached hydrogen (secondary N) is 1. The van der Waals surface area contributed by atoms with E-state index in [1.54, 1.807) is 0 Å². The number of para-hydroxylation sites is 1. The Hall–Kier alpha value is -2.29. The molecule has 3 rings (SSSR count). The van der Waals surface area contributed by atoms with Crippen LogP contribution in [0.1, 0.15) is 10.4 Å². The Balaban J connectivity index is 0.00000132. The number of carbonyl (C=O) groups is 1. The zero-order valence-corrected chi connectivity index (χ0v) is 13.9. The Morgan fingerprint density at radius 2 is 1.17 bits per heavy atom. The first-order chi connectivity index (χ1) is 10.3. The summed E-state index contributed by atoms with van der Waals surface area (Å²) in [5.74, 6) is -0.0966. The van der Waals surface area contributed by atoms with Crippen LogP contribution >= 0.6 is 24.8 Å². The minimum Gasteiger partial charge on any atom is -0.322 e. The molecular weight excluding hydrogens is 329 g/mol. The van der Waals surface area contributed by atoms with E-state index in [-0.39, 0.29) is 30.7 Å². The van der Waals surface area contributed by atoms with E-state index in [2.05, 4.69) is 5.32 Å². The average molecular weight is 346 g/mol. The van der Waals surface area contributed by atoms with E-state index in [1.807, 2.05) is 84.9 Å². The lowest BCUT2D eigenvalue weighted by Gasteiger charge is -2.10. The van der Waals surface area contributed by atoms with Gasteiger partial charge in [-0.05, 0) is 29.3 Å². The summed E-state index contributed by atoms with van der Waals surface area (Å²) in [5, 5.41) is 2.93. The van der Waals surface area contributed by atoms with Crippen LogP contribution in [0, 0.1) is 0 Å². The lowest BCUT2D eigenvalue weighted by Crippen LogP contribution is -2.12. The van der Waals surface area contributed by atoms with Gasteiger partial charge in [-0.3, -0.25) is 4.79 Å². The van der Waals surface area contributed by atoms with E-state index < -0.39 is 0 Å². The van der Waals surface area contributed by atoms with E-state index in [9.17, 15) is 4.79 Å². The first kappa shape index (κ1) is 18.8. The largest absolute Gasteiger partial charge is 0.322 e. The molecule has 0 radical (unpaired) electrons. The lowest BCUT2D eigenvalue weighted by atomic mass is 9.99. The van der Waals surface area contributed by atoms with Crippen molar-refractivity contribution in [3.63, 3.8) is 0 Å². The van der Waals surface area contributed by atoms with Gasteiger partial charge in [0, 0.05) is 11.3 Å². The molecule has 4 heteroatoms. The van der Waals surface area contributed by atoms with Gasteiger partial charge < -0.3 is 5.32 Å². The number of rotatable bonds is 3. The molecule has 0 saturated heterocycles. The molecule has 1 amide bonds. The zero-order valence-electron chi connectivity index (χ0n) is 12.3. The van der Waals surface area contributed by atoms with Crippen molar-refractivity contribution in [2.45, 2.75) is 0 Å². The van der Waals surface area contributed by atoms with Crippen LogP contribution in [0.15, 0.2) is 84.9 Å². The summed E-state index contributed by atoms with van der Waals surface area (Å²) in [6.45, 7) is 0. The highest BCUT2D eigenvalue weighted by Crippen LogP contribution is 2.24. The fourth-order valence-corrected chi connectivity index (χ4v) is 2.27. The molecule has 0 heterocycles. The molecule has 0 aliphatic heterocycles. The summed E-state index contributed by atoms with van der Waals surface area (Å²) in [4.78, 5) is 12.5. The van der Waals surface area contributed by atoms with Crippen LogP contribution in [-0.4, -0.2) is 5.91 Å². The Morgan fingerprint density at radius 3 is 1.83 bits per heavy atom. The Bertz CT molecular complexity index is 746. The molecular formula is C19H17Cl2NO. The van der Waals surface area contributed by atoms with Crippen molar-refractivity contribution in [3.8, 4) is 11.1 Å². The minimum absolute atomic E-state index is 0. The molecule has 0 atom stereocenters. The van der Waals surface area contributed by atoms with Crippen LogP contribution in [-0.2, 0) is 0 Å². The lowest BCUT2D eigenvalue weighted by molar-refractivity contribution is 0.102. The van der Waals surface area contributed by atoms with Crippen LogP contribution in [0.3, 0.4) is 0 Å². The summed E-state index contributed by atoms with van der Waals surface area (Å²) in [6.07, 6.45) is 0. The molecule has 118 valence electrons. The van der Waals surface area contributed by atoms with Gasteiger partial charge in [-0.2, -0.15) is 0 Å². The predicted octanol–water partition coefficient (Wildman–Crippen LogP) is 5.45. The van der Waals surface area contributed by atoms with Crippen molar-refractivity contribution in [2.24, 2.45) is 0 Å². The normalized spacial score (nSPS) is 9.22. The number of hydrogen-bond acceptors (Lipinski definition) is 1. The topological polar surface area (TPSA) is 29.1 Å². The van der Waals surface area contributed by atoms with E-state index in [0.29, 0.717) is 5.56 Å². The summed E-state index contributed by atoms with van der Waals surface area (Å²) in [5.41, 5.74) is 3.45. The highest BCUT2D eigenvalue weighted by molar-refractivity contribution is 6.08. The number of benzene rings is 3. The fraction of sp³-hybridized carbons (Fsp3) is 0. The van der Waals surface area contributed by atoms with Gasteiger partial charge in [-0.25, -0.2) is 0 Å². The van der Waals surface area contributed by atoms with Gasteiger partial charge in [0.1, 0.15) is 0 Å². The first-order valence-corrected chi connectivity index (χ1v) is 6.85. The molecule has 0 aliphatic rings. The minimum atomic E-state index is -0.0966. The third-order valence-electron chi connectivity index (χ3n) is 3.29. The number of amides is 1. The van der Waals surface area contributed by atoms with Gasteiger partial charge in [0.2, 0.25) is 0 Å². The second-order valence-electron chi connectivity index (χ2n) is 4.73. The van der Waals surface area contributed by atoms with E-state index >= 15 is 0 Å². The Morgan fingerprint density at radius 1 is 0.652 bits per heavy atom. The van der Waals surface area contributed by atoms with Gasteiger partial charge in [0.25, 0.3) is 5.91 Å². The smallest absolute Gasteiger partial charge is 0.256 e. The summed E-state index contributed by atoms with van der Waals surface area (Å²) in [6, 6.07) is 27.1. The second kappa shape index (κ2) is 8.99. The molecule has 0 saturated carbocycles. The molecule has 0 unspecified atom stereocenters. The molecule has 3 aromatic rings. The molecule has 2 nitrogen and oxygen atoms in total. The highest BCUT2D eigenvalue weighted by atomic mass is 35.5. The van der Waals surface area contributed by atoms with Gasteiger partial charge in [-0.1, -0.05) is 66.7 Å². The van der Waals surface area contributed by atoms with Crippen molar-refractivity contribution >= 4 is 36.4 Å². The Labute approximate surface area is 148 Å². The van der Waals surface area contributed by atoms with Gasteiger partial charge in [0.05, 0.1) is 0 Å². The van der Waals surface area contributed by atoms with E-state index in [4.69, 9.17) is 0 Å². The molecule has 3 aromatic carbocycles. The van der Waals surface area contributed by atoms with Crippen LogP contribution < -0.4 is 5.32 Å². The molecule has 0 spiro atoms. The molecule has 0 aromatic heterocycles. The summed E-state index contributed by atoms with van der Waals surface area (Å²) >= 11 is 0. The first-order valence-electron chi connectivity index (χ1n) is 6.85. The molecule has 0 fully saturated rings. The van der Waals surface area contributed by atoms with Crippen molar-refractivity contribution in [3.05, 3.63) is 90.5 Å². The average Bonchev–Trinajstić information content (AvgIpc) is 2.56. The number of carbonyl (C=O) groups excluding carboxylic acids is 1. The third-order valence-corrected chi connectivity index (χ3v) is 3.29.